The van der Waals surface area contributed by atoms with E-state index in [1.165, 1.54) is 25.7 Å². The quantitative estimate of drug-likeness (QED) is 0.919. The lowest BCUT2D eigenvalue weighted by Crippen LogP contribution is -2.39. The number of nitrogens with one attached hydrogen (secondary N) is 1. The third-order valence-corrected chi connectivity index (χ3v) is 3.84. The first-order chi connectivity index (χ1) is 9.69. The zero-order valence-corrected chi connectivity index (χ0v) is 11.9. The minimum atomic E-state index is 0.0171. The standard InChI is InChI=1S/C16H21N3O/c1-13-5-3-2-4-10-19(13)12-16(20)18-15-8-6-14(11-17)7-9-15/h6-9,13H,2-5,10,12H2,1H3,(H,18,20). The van der Waals surface area contributed by atoms with Crippen LogP contribution >= 0.6 is 0 Å². The van der Waals surface area contributed by atoms with Crippen LogP contribution in [0.4, 0.5) is 5.69 Å². The van der Waals surface area contributed by atoms with Gasteiger partial charge >= 0.3 is 0 Å². The van der Waals surface area contributed by atoms with Crippen molar-refractivity contribution >= 4 is 11.6 Å². The van der Waals surface area contributed by atoms with Gasteiger partial charge in [-0.1, -0.05) is 12.8 Å². The highest BCUT2D eigenvalue weighted by molar-refractivity contribution is 5.92. The number of likely N-dealkylation sites (tertiary alicyclic amines) is 1. The van der Waals surface area contributed by atoms with Crippen LogP contribution in [0.25, 0.3) is 0 Å². The van der Waals surface area contributed by atoms with Crippen LogP contribution in [0, 0.1) is 11.3 Å². The normalized spacial score (nSPS) is 19.9. The SMILES string of the molecule is CC1CCCCCN1CC(=O)Nc1ccc(C#N)cc1. The Labute approximate surface area is 120 Å². The molecule has 0 radical (unpaired) electrons. The average Bonchev–Trinajstić information content (AvgIpc) is 2.65. The van der Waals surface area contributed by atoms with E-state index in [2.05, 4.69) is 23.2 Å². The van der Waals surface area contributed by atoms with Crippen molar-refractivity contribution in [2.75, 3.05) is 18.4 Å². The Bertz CT molecular complexity index is 489. The maximum Gasteiger partial charge on any atom is 0.238 e. The predicted molar refractivity (Wildman–Crippen MR) is 79.3 cm³/mol. The van der Waals surface area contributed by atoms with E-state index in [0.717, 1.165) is 12.2 Å². The maximum atomic E-state index is 12.1. The van der Waals surface area contributed by atoms with Crippen LogP contribution in [0.2, 0.25) is 0 Å². The van der Waals surface area contributed by atoms with Gasteiger partial charge in [0.1, 0.15) is 0 Å². The van der Waals surface area contributed by atoms with Crippen LogP contribution < -0.4 is 5.32 Å². The summed E-state index contributed by atoms with van der Waals surface area (Å²) < 4.78 is 0. The number of anilines is 1. The predicted octanol–water partition coefficient (Wildman–Crippen LogP) is 2.76. The minimum Gasteiger partial charge on any atom is -0.325 e. The van der Waals surface area contributed by atoms with E-state index in [1.807, 2.05) is 0 Å². The number of nitrogens with zero attached hydrogens (tertiary/aromatic N) is 2. The van der Waals surface area contributed by atoms with Gasteiger partial charge in [0.15, 0.2) is 0 Å². The second kappa shape index (κ2) is 7.06. The van der Waals surface area contributed by atoms with E-state index in [9.17, 15) is 4.79 Å². The molecule has 0 saturated carbocycles. The summed E-state index contributed by atoms with van der Waals surface area (Å²) in [4.78, 5) is 14.3. The molecule has 4 nitrogen and oxygen atoms in total. The van der Waals surface area contributed by atoms with Crippen molar-refractivity contribution in [1.29, 1.82) is 5.26 Å². The molecule has 1 aliphatic rings. The van der Waals surface area contributed by atoms with Crippen LogP contribution in [-0.2, 0) is 4.79 Å². The smallest absolute Gasteiger partial charge is 0.238 e. The molecule has 2 rings (SSSR count). The van der Waals surface area contributed by atoms with Gasteiger partial charge in [-0.3, -0.25) is 9.69 Å². The van der Waals surface area contributed by atoms with E-state index in [4.69, 9.17) is 5.26 Å². The number of amides is 1. The lowest BCUT2D eigenvalue weighted by atomic mass is 10.1. The zero-order chi connectivity index (χ0) is 14.4. The van der Waals surface area contributed by atoms with Crippen molar-refractivity contribution < 1.29 is 4.79 Å². The Kier molecular flexibility index (Phi) is 5.14. The van der Waals surface area contributed by atoms with Gasteiger partial charge in [0.25, 0.3) is 0 Å². The average molecular weight is 271 g/mol. The van der Waals surface area contributed by atoms with Crippen molar-refractivity contribution in [1.82, 2.24) is 4.90 Å². The molecule has 1 N–H and O–H groups in total. The second-order valence-electron chi connectivity index (χ2n) is 5.41. The van der Waals surface area contributed by atoms with Gasteiger partial charge in [-0.2, -0.15) is 5.26 Å². The first-order valence-corrected chi connectivity index (χ1v) is 7.23. The first-order valence-electron chi connectivity index (χ1n) is 7.23. The highest BCUT2D eigenvalue weighted by Gasteiger charge is 2.19. The molecule has 4 heteroatoms. The van der Waals surface area contributed by atoms with Gasteiger partial charge in [-0.05, 0) is 50.6 Å². The van der Waals surface area contributed by atoms with Crippen molar-refractivity contribution in [3.8, 4) is 6.07 Å². The van der Waals surface area contributed by atoms with Crippen molar-refractivity contribution in [3.05, 3.63) is 29.8 Å². The van der Waals surface area contributed by atoms with Crippen LogP contribution in [0.3, 0.4) is 0 Å². The summed E-state index contributed by atoms with van der Waals surface area (Å²) in [7, 11) is 0. The monoisotopic (exact) mass is 271 g/mol. The summed E-state index contributed by atoms with van der Waals surface area (Å²) in [6.45, 7) is 3.64. The molecule has 1 atom stereocenters. The summed E-state index contributed by atoms with van der Waals surface area (Å²) in [5, 5.41) is 11.6. The summed E-state index contributed by atoms with van der Waals surface area (Å²) in [6, 6.07) is 9.50. The summed E-state index contributed by atoms with van der Waals surface area (Å²) in [5.74, 6) is 0.0171. The molecule has 20 heavy (non-hydrogen) atoms. The van der Waals surface area contributed by atoms with Crippen molar-refractivity contribution in [3.63, 3.8) is 0 Å². The van der Waals surface area contributed by atoms with Crippen LogP contribution in [-0.4, -0.2) is 29.9 Å². The molecule has 1 heterocycles. The number of nitriles is 1. The van der Waals surface area contributed by atoms with E-state index < -0.39 is 0 Å². The fourth-order valence-electron chi connectivity index (χ4n) is 2.58. The van der Waals surface area contributed by atoms with Crippen LogP contribution in [0.15, 0.2) is 24.3 Å². The molecule has 1 amide bonds. The molecule has 1 aromatic carbocycles. The van der Waals surface area contributed by atoms with Crippen molar-refractivity contribution in [2.45, 2.75) is 38.6 Å². The lowest BCUT2D eigenvalue weighted by molar-refractivity contribution is -0.117. The molecule has 106 valence electrons. The Morgan fingerprint density at radius 2 is 2.10 bits per heavy atom. The van der Waals surface area contributed by atoms with Gasteiger partial charge in [0.05, 0.1) is 18.2 Å². The van der Waals surface area contributed by atoms with E-state index in [0.29, 0.717) is 18.2 Å². The third-order valence-electron chi connectivity index (χ3n) is 3.84. The Hall–Kier alpha value is -1.86. The molecular formula is C16H21N3O. The molecule has 1 aromatic rings. The molecule has 1 saturated heterocycles. The largest absolute Gasteiger partial charge is 0.325 e. The van der Waals surface area contributed by atoms with Crippen molar-refractivity contribution in [2.24, 2.45) is 0 Å². The lowest BCUT2D eigenvalue weighted by Gasteiger charge is -2.26. The molecular weight excluding hydrogens is 250 g/mol. The molecule has 1 unspecified atom stereocenters. The van der Waals surface area contributed by atoms with E-state index in [1.54, 1.807) is 24.3 Å². The maximum absolute atomic E-state index is 12.1. The highest BCUT2D eigenvalue weighted by Crippen LogP contribution is 2.16. The Morgan fingerprint density at radius 1 is 1.35 bits per heavy atom. The Balaban J connectivity index is 1.89. The molecule has 1 aliphatic heterocycles. The van der Waals surface area contributed by atoms with Gasteiger partial charge in [0, 0.05) is 11.7 Å². The highest BCUT2D eigenvalue weighted by atomic mass is 16.2. The summed E-state index contributed by atoms with van der Waals surface area (Å²) >= 11 is 0. The zero-order valence-electron chi connectivity index (χ0n) is 11.9. The number of rotatable bonds is 3. The first kappa shape index (κ1) is 14.5. The topological polar surface area (TPSA) is 56.1 Å². The van der Waals surface area contributed by atoms with Crippen LogP contribution in [0.1, 0.15) is 38.2 Å². The summed E-state index contributed by atoms with van der Waals surface area (Å²) in [5.41, 5.74) is 1.35. The molecule has 0 aliphatic carbocycles. The molecule has 0 aromatic heterocycles. The number of carbonyl (C=O) groups excluding carboxylic acids is 1. The number of carbonyl (C=O) groups is 1. The minimum absolute atomic E-state index is 0.0171. The number of hydrogen-bond donors (Lipinski definition) is 1. The van der Waals surface area contributed by atoms with E-state index >= 15 is 0 Å². The molecule has 0 spiro atoms. The third kappa shape index (κ3) is 4.07. The number of benzene rings is 1. The van der Waals surface area contributed by atoms with E-state index in [-0.39, 0.29) is 5.91 Å². The van der Waals surface area contributed by atoms with Gasteiger partial charge < -0.3 is 5.32 Å². The van der Waals surface area contributed by atoms with Gasteiger partial charge in [0.2, 0.25) is 5.91 Å². The number of hydrogen-bond acceptors (Lipinski definition) is 3. The second-order valence-corrected chi connectivity index (χ2v) is 5.41. The van der Waals surface area contributed by atoms with Gasteiger partial charge in [-0.15, -0.1) is 0 Å². The molecule has 1 fully saturated rings. The fourth-order valence-corrected chi connectivity index (χ4v) is 2.58. The Morgan fingerprint density at radius 3 is 2.80 bits per heavy atom. The molecule has 0 bridgehead atoms. The van der Waals surface area contributed by atoms with Crippen LogP contribution in [0.5, 0.6) is 0 Å². The van der Waals surface area contributed by atoms with Gasteiger partial charge in [-0.25, -0.2) is 0 Å². The fraction of sp³-hybridized carbons (Fsp3) is 0.500. The summed E-state index contributed by atoms with van der Waals surface area (Å²) in [6.07, 6.45) is 4.87.